The largest absolute Gasteiger partial charge is 0.355 e. The summed E-state index contributed by atoms with van der Waals surface area (Å²) in [5.74, 6) is 0.512. The van der Waals surface area contributed by atoms with Crippen LogP contribution in [0.2, 0.25) is 0 Å². The number of carbonyl (C=O) groups is 1. The zero-order chi connectivity index (χ0) is 14.4. The van der Waals surface area contributed by atoms with Crippen LogP contribution in [0.5, 0.6) is 0 Å². The van der Waals surface area contributed by atoms with Crippen LogP contribution in [0.3, 0.4) is 0 Å². The number of hydrogen-bond donors (Lipinski definition) is 2. The highest BCUT2D eigenvalue weighted by Crippen LogP contribution is 2.28. The number of halogens is 1. The minimum absolute atomic E-state index is 0.0465. The Kier molecular flexibility index (Phi) is 6.99. The first-order valence-corrected chi connectivity index (χ1v) is 8.02. The van der Waals surface area contributed by atoms with Crippen molar-refractivity contribution in [1.29, 1.82) is 0 Å². The number of thiophene rings is 1. The third-order valence-electron chi connectivity index (χ3n) is 2.77. The molecule has 6 heteroatoms. The van der Waals surface area contributed by atoms with E-state index in [4.69, 9.17) is 5.73 Å². The number of nitrogens with two attached hydrogens (primary N) is 1. The van der Waals surface area contributed by atoms with Gasteiger partial charge in [0.15, 0.2) is 0 Å². The lowest BCUT2D eigenvalue weighted by atomic mass is 10.2. The van der Waals surface area contributed by atoms with Crippen LogP contribution < -0.4 is 11.1 Å². The van der Waals surface area contributed by atoms with E-state index in [0.29, 0.717) is 25.6 Å². The van der Waals surface area contributed by atoms with Crippen molar-refractivity contribution >= 4 is 33.2 Å². The molecule has 0 bridgehead atoms. The van der Waals surface area contributed by atoms with E-state index in [0.717, 1.165) is 4.47 Å². The molecule has 0 aromatic carbocycles. The van der Waals surface area contributed by atoms with Gasteiger partial charge in [-0.05, 0) is 35.0 Å². The molecule has 19 heavy (non-hydrogen) atoms. The summed E-state index contributed by atoms with van der Waals surface area (Å²) in [5.41, 5.74) is 5.83. The molecule has 0 aliphatic rings. The van der Waals surface area contributed by atoms with Gasteiger partial charge in [0.2, 0.25) is 5.91 Å². The molecule has 0 aliphatic carbocycles. The highest BCUT2D eigenvalue weighted by molar-refractivity contribution is 9.10. The number of rotatable bonds is 7. The molecule has 1 atom stereocenters. The number of likely N-dealkylation sites (N-methyl/N-ethyl adjacent to an activating group) is 1. The van der Waals surface area contributed by atoms with Gasteiger partial charge in [0.1, 0.15) is 0 Å². The quantitative estimate of drug-likeness (QED) is 0.794. The van der Waals surface area contributed by atoms with Crippen molar-refractivity contribution in [2.45, 2.75) is 19.9 Å². The van der Waals surface area contributed by atoms with Crippen LogP contribution >= 0.6 is 27.3 Å². The van der Waals surface area contributed by atoms with E-state index in [-0.39, 0.29) is 11.9 Å². The van der Waals surface area contributed by atoms with Crippen molar-refractivity contribution in [3.63, 3.8) is 0 Å². The fraction of sp³-hybridized carbons (Fsp3) is 0.615. The Morgan fingerprint density at radius 2 is 2.26 bits per heavy atom. The predicted octanol–water partition coefficient (Wildman–Crippen LogP) is 2.21. The molecule has 0 spiro atoms. The normalized spacial score (nSPS) is 13.0. The molecule has 1 aromatic heterocycles. The van der Waals surface area contributed by atoms with Gasteiger partial charge in [-0.3, -0.25) is 9.69 Å². The molecule has 0 saturated carbocycles. The lowest BCUT2D eigenvalue weighted by Crippen LogP contribution is -2.40. The Hall–Kier alpha value is -0.430. The highest BCUT2D eigenvalue weighted by Gasteiger charge is 2.19. The van der Waals surface area contributed by atoms with Gasteiger partial charge in [0.25, 0.3) is 0 Å². The number of nitrogens with zero attached hydrogens (tertiary/aromatic N) is 1. The number of carbonyl (C=O) groups excluding carboxylic acids is 1. The second-order valence-corrected chi connectivity index (χ2v) is 6.89. The van der Waals surface area contributed by atoms with Crippen molar-refractivity contribution in [2.75, 3.05) is 26.7 Å². The monoisotopic (exact) mass is 347 g/mol. The Morgan fingerprint density at radius 3 is 2.74 bits per heavy atom. The van der Waals surface area contributed by atoms with E-state index in [1.54, 1.807) is 11.3 Å². The summed E-state index contributed by atoms with van der Waals surface area (Å²) >= 11 is 5.10. The van der Waals surface area contributed by atoms with Crippen LogP contribution in [-0.4, -0.2) is 37.5 Å². The molecular formula is C13H22BrN3OS. The Morgan fingerprint density at radius 1 is 1.58 bits per heavy atom. The van der Waals surface area contributed by atoms with Gasteiger partial charge in [0.05, 0.1) is 12.6 Å². The summed E-state index contributed by atoms with van der Waals surface area (Å²) in [6.45, 7) is 5.74. The Balaban J connectivity index is 2.54. The number of hydrogen-bond acceptors (Lipinski definition) is 4. The maximum atomic E-state index is 11.8. The van der Waals surface area contributed by atoms with Crippen molar-refractivity contribution in [3.8, 4) is 0 Å². The van der Waals surface area contributed by atoms with Crippen molar-refractivity contribution in [2.24, 2.45) is 11.7 Å². The lowest BCUT2D eigenvalue weighted by Gasteiger charge is -2.25. The average Bonchev–Trinajstić information content (AvgIpc) is 2.74. The minimum atomic E-state index is 0.0465. The fourth-order valence-electron chi connectivity index (χ4n) is 1.73. The van der Waals surface area contributed by atoms with Gasteiger partial charge < -0.3 is 11.1 Å². The molecule has 0 aliphatic heterocycles. The van der Waals surface area contributed by atoms with Crippen LogP contribution in [0.15, 0.2) is 15.9 Å². The van der Waals surface area contributed by atoms with E-state index in [1.807, 2.05) is 17.3 Å². The first-order valence-electron chi connectivity index (χ1n) is 6.35. The van der Waals surface area contributed by atoms with Crippen molar-refractivity contribution in [1.82, 2.24) is 10.2 Å². The molecule has 0 fully saturated rings. The number of amides is 1. The van der Waals surface area contributed by atoms with E-state index in [2.05, 4.69) is 41.2 Å². The standard InChI is InChI=1S/C13H22BrN3OS/c1-9(2)6-16-13(18)7-17(3)11(5-15)12-4-10(14)8-19-12/h4,8-9,11H,5-7,15H2,1-3H3,(H,16,18). The molecule has 1 unspecified atom stereocenters. The van der Waals surface area contributed by atoms with E-state index in [9.17, 15) is 4.79 Å². The smallest absolute Gasteiger partial charge is 0.234 e. The summed E-state index contributed by atoms with van der Waals surface area (Å²) in [6.07, 6.45) is 0. The maximum Gasteiger partial charge on any atom is 0.234 e. The molecule has 1 heterocycles. The van der Waals surface area contributed by atoms with Gasteiger partial charge in [-0.15, -0.1) is 11.3 Å². The minimum Gasteiger partial charge on any atom is -0.355 e. The van der Waals surface area contributed by atoms with Gasteiger partial charge >= 0.3 is 0 Å². The fourth-order valence-corrected chi connectivity index (χ4v) is 3.35. The van der Waals surface area contributed by atoms with Crippen molar-refractivity contribution in [3.05, 3.63) is 20.8 Å². The summed E-state index contributed by atoms with van der Waals surface area (Å²) in [5, 5.41) is 4.95. The van der Waals surface area contributed by atoms with E-state index < -0.39 is 0 Å². The Bertz CT molecular complexity index is 408. The van der Waals surface area contributed by atoms with Crippen LogP contribution in [0.25, 0.3) is 0 Å². The van der Waals surface area contributed by atoms with Crippen molar-refractivity contribution < 1.29 is 4.79 Å². The topological polar surface area (TPSA) is 58.4 Å². The van der Waals surface area contributed by atoms with Gasteiger partial charge in [0, 0.05) is 27.8 Å². The predicted molar refractivity (Wildman–Crippen MR) is 84.3 cm³/mol. The summed E-state index contributed by atoms with van der Waals surface area (Å²) < 4.78 is 1.06. The van der Waals surface area contributed by atoms with Gasteiger partial charge in [-0.2, -0.15) is 0 Å². The van der Waals surface area contributed by atoms with Crippen LogP contribution in [0.4, 0.5) is 0 Å². The average molecular weight is 348 g/mol. The summed E-state index contributed by atoms with van der Waals surface area (Å²) in [6, 6.07) is 2.14. The van der Waals surface area contributed by atoms with Gasteiger partial charge in [-0.1, -0.05) is 13.8 Å². The maximum absolute atomic E-state index is 11.8. The Labute approximate surface area is 127 Å². The first kappa shape index (κ1) is 16.6. The first-order chi connectivity index (χ1) is 8.93. The third-order valence-corrected chi connectivity index (χ3v) is 4.57. The van der Waals surface area contributed by atoms with Crippen LogP contribution in [-0.2, 0) is 4.79 Å². The molecule has 108 valence electrons. The van der Waals surface area contributed by atoms with Crippen LogP contribution in [0, 0.1) is 5.92 Å². The van der Waals surface area contributed by atoms with Gasteiger partial charge in [-0.25, -0.2) is 0 Å². The zero-order valence-corrected chi connectivity index (χ0v) is 14.1. The highest BCUT2D eigenvalue weighted by atomic mass is 79.9. The summed E-state index contributed by atoms with van der Waals surface area (Å²) in [7, 11) is 1.93. The lowest BCUT2D eigenvalue weighted by molar-refractivity contribution is -0.122. The second kappa shape index (κ2) is 7.99. The molecule has 1 aromatic rings. The van der Waals surface area contributed by atoms with Crippen LogP contribution in [0.1, 0.15) is 24.8 Å². The molecule has 1 amide bonds. The molecule has 1 rings (SSSR count). The molecule has 0 radical (unpaired) electrons. The SMILES string of the molecule is CC(C)CNC(=O)CN(C)C(CN)c1cc(Br)cs1. The molecule has 3 N–H and O–H groups in total. The molecular weight excluding hydrogens is 326 g/mol. The summed E-state index contributed by atoms with van der Waals surface area (Å²) in [4.78, 5) is 15.0. The molecule has 0 saturated heterocycles. The zero-order valence-electron chi connectivity index (χ0n) is 11.6. The third kappa shape index (κ3) is 5.60. The second-order valence-electron chi connectivity index (χ2n) is 5.03. The van der Waals surface area contributed by atoms with E-state index >= 15 is 0 Å². The van der Waals surface area contributed by atoms with E-state index in [1.165, 1.54) is 4.88 Å². The molecule has 4 nitrogen and oxygen atoms in total. The number of nitrogens with one attached hydrogen (secondary N) is 1.